The first kappa shape index (κ1) is 62.6. The highest BCUT2D eigenvalue weighted by atomic mass is 16.5. The van der Waals surface area contributed by atoms with E-state index in [0.29, 0.717) is 25.7 Å². The summed E-state index contributed by atoms with van der Waals surface area (Å²) in [6, 6.07) is -0.713. The molecule has 0 spiro atoms. The molecule has 0 rings (SSSR count). The van der Waals surface area contributed by atoms with Crippen molar-refractivity contribution in [3.05, 3.63) is 60.8 Å². The maximum Gasteiger partial charge on any atom is 0.306 e. The molecule has 0 aromatic carbocycles. The summed E-state index contributed by atoms with van der Waals surface area (Å²) in [5.41, 5.74) is 0. The monoisotopic (exact) mass is 910 g/mol. The molecular weight excluding hydrogens is 803 g/mol. The van der Waals surface area contributed by atoms with Crippen LogP contribution in [0.15, 0.2) is 60.8 Å². The molecule has 0 fully saturated rings. The van der Waals surface area contributed by atoms with Crippen LogP contribution < -0.4 is 5.32 Å². The van der Waals surface area contributed by atoms with Crippen molar-refractivity contribution in [1.29, 1.82) is 0 Å². The smallest absolute Gasteiger partial charge is 0.306 e. The van der Waals surface area contributed by atoms with Crippen LogP contribution in [0.4, 0.5) is 0 Å². The third kappa shape index (κ3) is 47.8. The maximum atomic E-state index is 13.2. The van der Waals surface area contributed by atoms with Crippen LogP contribution in [0, 0.1) is 0 Å². The van der Waals surface area contributed by atoms with Crippen molar-refractivity contribution in [3.8, 4) is 0 Å². The first-order valence-electron chi connectivity index (χ1n) is 28.0. The van der Waals surface area contributed by atoms with Crippen LogP contribution in [0.5, 0.6) is 0 Å². The minimum absolute atomic E-state index is 0.0568. The van der Waals surface area contributed by atoms with Crippen LogP contribution in [0.1, 0.15) is 278 Å². The van der Waals surface area contributed by atoms with Gasteiger partial charge in [0, 0.05) is 6.42 Å². The number of ether oxygens (including phenoxy) is 1. The van der Waals surface area contributed by atoms with Gasteiger partial charge in [0.2, 0.25) is 5.91 Å². The lowest BCUT2D eigenvalue weighted by atomic mass is 10.0. The fourth-order valence-corrected chi connectivity index (χ4v) is 8.41. The summed E-state index contributed by atoms with van der Waals surface area (Å²) in [5, 5.41) is 23.8. The van der Waals surface area contributed by atoms with E-state index < -0.39 is 18.2 Å². The Morgan fingerprint density at radius 1 is 0.462 bits per heavy atom. The van der Waals surface area contributed by atoms with Gasteiger partial charge in [-0.3, -0.25) is 9.59 Å². The minimum Gasteiger partial charge on any atom is -0.462 e. The Bertz CT molecular complexity index is 1160. The number of esters is 1. The van der Waals surface area contributed by atoms with Crippen LogP contribution in [-0.4, -0.2) is 46.9 Å². The Morgan fingerprint density at radius 3 is 1.20 bits per heavy atom. The van der Waals surface area contributed by atoms with Crippen LogP contribution >= 0.6 is 0 Å². The average Bonchev–Trinajstić information content (AvgIpc) is 3.30. The number of nitrogens with one attached hydrogen (secondary N) is 1. The Kier molecular flexibility index (Phi) is 50.6. The van der Waals surface area contributed by atoms with E-state index in [1.807, 2.05) is 0 Å². The Morgan fingerprint density at radius 2 is 0.815 bits per heavy atom. The molecule has 0 bridgehead atoms. The molecule has 3 N–H and O–H groups in total. The fourth-order valence-electron chi connectivity index (χ4n) is 8.41. The summed E-state index contributed by atoms with van der Waals surface area (Å²) in [4.78, 5) is 26.2. The number of carbonyl (C=O) groups excluding carboxylic acids is 2. The second-order valence-corrected chi connectivity index (χ2v) is 19.0. The molecule has 0 aliphatic rings. The van der Waals surface area contributed by atoms with E-state index in [1.54, 1.807) is 0 Å². The predicted molar refractivity (Wildman–Crippen MR) is 282 cm³/mol. The zero-order chi connectivity index (χ0) is 47.4. The van der Waals surface area contributed by atoms with E-state index in [0.717, 1.165) is 77.0 Å². The zero-order valence-corrected chi connectivity index (χ0v) is 43.1. The molecule has 3 unspecified atom stereocenters. The molecule has 0 aromatic rings. The molecule has 0 aromatic heterocycles. The Hall–Kier alpha value is -2.44. The molecule has 3 atom stereocenters. The van der Waals surface area contributed by atoms with Crippen molar-refractivity contribution in [1.82, 2.24) is 5.32 Å². The quantitative estimate of drug-likeness (QED) is 0.0321. The summed E-state index contributed by atoms with van der Waals surface area (Å²) in [6.07, 6.45) is 65.7. The predicted octanol–water partition coefficient (Wildman–Crippen LogP) is 17.2. The minimum atomic E-state index is -0.797. The molecule has 0 saturated carbocycles. The second kappa shape index (κ2) is 52.5. The van der Waals surface area contributed by atoms with Gasteiger partial charge in [-0.1, -0.05) is 261 Å². The Balaban J connectivity index is 4.65. The second-order valence-electron chi connectivity index (χ2n) is 19.0. The number of aliphatic hydroxyl groups excluding tert-OH is 2. The van der Waals surface area contributed by atoms with Crippen LogP contribution in [0.2, 0.25) is 0 Å². The van der Waals surface area contributed by atoms with Crippen LogP contribution in [0.25, 0.3) is 0 Å². The van der Waals surface area contributed by atoms with Crippen molar-refractivity contribution in [2.24, 2.45) is 0 Å². The van der Waals surface area contributed by atoms with Crippen molar-refractivity contribution >= 4 is 11.9 Å². The molecule has 6 heteroatoms. The SMILES string of the molecule is CC/C=C\C/C=C\C/C=C\C/C=C\C/C=C\CCCC(=O)OC(CCCCCCCCCCCCCCCCCC)CC(=O)NC(CO)C(O)CCCCCCCCCCCCCCC. The normalized spacial score (nSPS) is 13.6. The highest BCUT2D eigenvalue weighted by molar-refractivity contribution is 5.77. The number of carbonyl (C=O) groups is 2. The summed E-state index contributed by atoms with van der Waals surface area (Å²) < 4.78 is 5.93. The topological polar surface area (TPSA) is 95.9 Å². The van der Waals surface area contributed by atoms with Gasteiger partial charge >= 0.3 is 5.97 Å². The van der Waals surface area contributed by atoms with Crippen molar-refractivity contribution < 1.29 is 24.5 Å². The van der Waals surface area contributed by atoms with Gasteiger partial charge < -0.3 is 20.3 Å². The summed E-state index contributed by atoms with van der Waals surface area (Å²) in [6.45, 7) is 6.38. The Labute approximate surface area is 403 Å². The standard InChI is InChI=1S/C59H107NO5/c1-4-7-10-13-16-19-22-25-27-29-31-34-37-40-43-46-49-52-59(64)65-55(50-47-44-41-38-35-33-30-28-26-23-20-17-14-11-8-5-2)53-58(63)60-56(54-61)57(62)51-48-45-42-39-36-32-24-21-18-15-12-9-6-3/h7,10,16,19,25,27,31,34,40,43,55-57,61-62H,4-6,8-9,11-15,17-18,20-24,26,28-30,32-33,35-39,41-42,44-54H2,1-3H3,(H,60,63)/b10-7-,19-16-,27-25-,34-31-,43-40-. The molecular formula is C59H107NO5. The summed E-state index contributed by atoms with van der Waals surface area (Å²) in [5.74, 6) is -0.533. The maximum absolute atomic E-state index is 13.2. The van der Waals surface area contributed by atoms with E-state index in [-0.39, 0.29) is 24.9 Å². The van der Waals surface area contributed by atoms with Crippen molar-refractivity contribution in [2.75, 3.05) is 6.61 Å². The molecule has 0 aliphatic carbocycles. The number of amides is 1. The van der Waals surface area contributed by atoms with E-state index in [1.165, 1.54) is 148 Å². The first-order chi connectivity index (χ1) is 32.0. The molecule has 1 amide bonds. The zero-order valence-electron chi connectivity index (χ0n) is 43.1. The van der Waals surface area contributed by atoms with Gasteiger partial charge in [0.25, 0.3) is 0 Å². The largest absolute Gasteiger partial charge is 0.462 e. The van der Waals surface area contributed by atoms with Crippen molar-refractivity contribution in [2.45, 2.75) is 296 Å². The molecule has 378 valence electrons. The molecule has 0 saturated heterocycles. The lowest BCUT2D eigenvalue weighted by Crippen LogP contribution is -2.46. The number of rotatable bonds is 50. The van der Waals surface area contributed by atoms with Gasteiger partial charge in [0.1, 0.15) is 6.10 Å². The van der Waals surface area contributed by atoms with Gasteiger partial charge in [0.15, 0.2) is 0 Å². The van der Waals surface area contributed by atoms with E-state index in [4.69, 9.17) is 4.74 Å². The van der Waals surface area contributed by atoms with E-state index >= 15 is 0 Å². The van der Waals surface area contributed by atoms with E-state index in [9.17, 15) is 19.8 Å². The number of aliphatic hydroxyl groups is 2. The molecule has 65 heavy (non-hydrogen) atoms. The fraction of sp³-hybridized carbons (Fsp3) is 0.797. The number of allylic oxidation sites excluding steroid dienone is 10. The van der Waals surface area contributed by atoms with Gasteiger partial charge in [-0.2, -0.15) is 0 Å². The molecule has 0 radical (unpaired) electrons. The lowest BCUT2D eigenvalue weighted by molar-refractivity contribution is -0.151. The highest BCUT2D eigenvalue weighted by Crippen LogP contribution is 2.18. The number of unbranched alkanes of at least 4 members (excludes halogenated alkanes) is 28. The first-order valence-corrected chi connectivity index (χ1v) is 28.0. The van der Waals surface area contributed by atoms with Crippen LogP contribution in [-0.2, 0) is 14.3 Å². The van der Waals surface area contributed by atoms with Gasteiger partial charge in [0.05, 0.1) is 25.2 Å². The highest BCUT2D eigenvalue weighted by Gasteiger charge is 2.24. The summed E-state index contributed by atoms with van der Waals surface area (Å²) in [7, 11) is 0. The third-order valence-electron chi connectivity index (χ3n) is 12.6. The lowest BCUT2D eigenvalue weighted by Gasteiger charge is -2.24. The third-order valence-corrected chi connectivity index (χ3v) is 12.6. The molecule has 0 aliphatic heterocycles. The van der Waals surface area contributed by atoms with Gasteiger partial charge in [-0.25, -0.2) is 0 Å². The van der Waals surface area contributed by atoms with E-state index in [2.05, 4.69) is 86.8 Å². The van der Waals surface area contributed by atoms with Crippen LogP contribution in [0.3, 0.4) is 0 Å². The van der Waals surface area contributed by atoms with Gasteiger partial charge in [-0.15, -0.1) is 0 Å². The van der Waals surface area contributed by atoms with Crippen molar-refractivity contribution in [3.63, 3.8) is 0 Å². The number of hydrogen-bond acceptors (Lipinski definition) is 5. The molecule has 6 nitrogen and oxygen atoms in total. The number of hydrogen-bond donors (Lipinski definition) is 3. The van der Waals surface area contributed by atoms with Gasteiger partial charge in [-0.05, 0) is 64.2 Å². The molecule has 0 heterocycles. The average molecular weight is 911 g/mol. The summed E-state index contributed by atoms with van der Waals surface area (Å²) >= 11 is 0.